The maximum atomic E-state index is 12.6. The van der Waals surface area contributed by atoms with E-state index in [9.17, 15) is 9.90 Å². The van der Waals surface area contributed by atoms with Crippen LogP contribution in [-0.2, 0) is 0 Å². The summed E-state index contributed by atoms with van der Waals surface area (Å²) in [7, 11) is 1.62. The number of ether oxygens (including phenoxy) is 1. The Hall–Kier alpha value is -2.17. The largest absolute Gasteiger partial charge is 0.497 e. The number of benzene rings is 2. The van der Waals surface area contributed by atoms with Crippen molar-refractivity contribution >= 4 is 5.78 Å². The van der Waals surface area contributed by atoms with Crippen molar-refractivity contribution in [3.63, 3.8) is 0 Å². The molecule has 1 aliphatic rings. The predicted molar refractivity (Wildman–Crippen MR) is 97.9 cm³/mol. The van der Waals surface area contributed by atoms with Gasteiger partial charge in [-0.05, 0) is 55.8 Å². The summed E-state index contributed by atoms with van der Waals surface area (Å²) in [6, 6.07) is 17.1. The number of hydrogen-bond donors (Lipinski definition) is 1. The maximum Gasteiger partial charge on any atom is 0.166 e. The topological polar surface area (TPSA) is 49.8 Å². The minimum Gasteiger partial charge on any atom is -0.497 e. The van der Waals surface area contributed by atoms with Crippen LogP contribution in [-0.4, -0.2) is 42.5 Å². The van der Waals surface area contributed by atoms with Crippen molar-refractivity contribution in [2.75, 3.05) is 26.7 Å². The van der Waals surface area contributed by atoms with Gasteiger partial charge in [0, 0.05) is 18.0 Å². The summed E-state index contributed by atoms with van der Waals surface area (Å²) in [5.41, 5.74) is 1.70. The first-order chi connectivity index (χ1) is 12.2. The van der Waals surface area contributed by atoms with Crippen LogP contribution in [0.15, 0.2) is 54.6 Å². The maximum absolute atomic E-state index is 12.6. The fourth-order valence-electron chi connectivity index (χ4n) is 3.39. The number of aliphatic hydroxyl groups excluding tert-OH is 1. The van der Waals surface area contributed by atoms with Crippen LogP contribution in [0.4, 0.5) is 0 Å². The van der Waals surface area contributed by atoms with Crippen LogP contribution in [0.3, 0.4) is 0 Å². The van der Waals surface area contributed by atoms with E-state index in [0.717, 1.165) is 42.8 Å². The molecule has 0 aliphatic carbocycles. The molecule has 4 heteroatoms. The van der Waals surface area contributed by atoms with Crippen LogP contribution in [0, 0.1) is 5.92 Å². The van der Waals surface area contributed by atoms with E-state index in [1.165, 1.54) is 0 Å². The zero-order chi connectivity index (χ0) is 17.6. The zero-order valence-electron chi connectivity index (χ0n) is 14.6. The average molecular weight is 339 g/mol. The molecule has 0 bridgehead atoms. The van der Waals surface area contributed by atoms with E-state index in [0.29, 0.717) is 6.54 Å². The Balaban J connectivity index is 1.51. The molecule has 1 fully saturated rings. The van der Waals surface area contributed by atoms with Gasteiger partial charge in [-0.3, -0.25) is 4.79 Å². The van der Waals surface area contributed by atoms with E-state index in [-0.39, 0.29) is 11.7 Å². The van der Waals surface area contributed by atoms with Crippen molar-refractivity contribution in [2.24, 2.45) is 5.92 Å². The third-order valence-electron chi connectivity index (χ3n) is 4.95. The molecule has 0 unspecified atom stereocenters. The van der Waals surface area contributed by atoms with Crippen LogP contribution < -0.4 is 4.74 Å². The van der Waals surface area contributed by atoms with Gasteiger partial charge in [0.15, 0.2) is 5.78 Å². The average Bonchev–Trinajstić information content (AvgIpc) is 2.69. The van der Waals surface area contributed by atoms with E-state index in [2.05, 4.69) is 4.90 Å². The normalized spacial score (nSPS) is 17.2. The number of carbonyl (C=O) groups is 1. The van der Waals surface area contributed by atoms with Gasteiger partial charge >= 0.3 is 0 Å². The number of rotatable bonds is 6. The van der Waals surface area contributed by atoms with E-state index < -0.39 is 6.10 Å². The lowest BCUT2D eigenvalue weighted by Crippen LogP contribution is -2.38. The monoisotopic (exact) mass is 339 g/mol. The quantitative estimate of drug-likeness (QED) is 0.820. The van der Waals surface area contributed by atoms with Gasteiger partial charge in [-0.1, -0.05) is 30.3 Å². The smallest absolute Gasteiger partial charge is 0.166 e. The Morgan fingerprint density at radius 1 is 1.12 bits per heavy atom. The van der Waals surface area contributed by atoms with Gasteiger partial charge in [-0.15, -0.1) is 0 Å². The van der Waals surface area contributed by atoms with Crippen LogP contribution >= 0.6 is 0 Å². The lowest BCUT2D eigenvalue weighted by molar-refractivity contribution is 0.0727. The lowest BCUT2D eigenvalue weighted by atomic mass is 9.88. The highest BCUT2D eigenvalue weighted by atomic mass is 16.5. The van der Waals surface area contributed by atoms with Crippen molar-refractivity contribution in [1.29, 1.82) is 0 Å². The van der Waals surface area contributed by atoms with Crippen molar-refractivity contribution in [3.8, 4) is 5.75 Å². The number of methoxy groups -OCH3 is 1. The highest BCUT2D eigenvalue weighted by Crippen LogP contribution is 2.24. The number of carbonyl (C=O) groups excluding carboxylic acids is 1. The summed E-state index contributed by atoms with van der Waals surface area (Å²) in [4.78, 5) is 14.9. The van der Waals surface area contributed by atoms with Crippen LogP contribution in [0.1, 0.15) is 34.9 Å². The third kappa shape index (κ3) is 4.47. The van der Waals surface area contributed by atoms with Crippen molar-refractivity contribution in [1.82, 2.24) is 4.90 Å². The second kappa shape index (κ2) is 8.28. The molecule has 1 atom stereocenters. The highest BCUT2D eigenvalue weighted by Gasteiger charge is 2.26. The summed E-state index contributed by atoms with van der Waals surface area (Å²) < 4.78 is 5.14. The summed E-state index contributed by atoms with van der Waals surface area (Å²) in [5.74, 6) is 1.05. The van der Waals surface area contributed by atoms with Gasteiger partial charge in [0.2, 0.25) is 0 Å². The van der Waals surface area contributed by atoms with Crippen LogP contribution in [0.25, 0.3) is 0 Å². The molecule has 0 radical (unpaired) electrons. The predicted octanol–water partition coefficient (Wildman–Crippen LogP) is 3.32. The van der Waals surface area contributed by atoms with E-state index in [1.807, 2.05) is 54.6 Å². The van der Waals surface area contributed by atoms with Gasteiger partial charge in [0.05, 0.1) is 13.2 Å². The Labute approximate surface area is 149 Å². The number of nitrogens with zero attached hydrogens (tertiary/aromatic N) is 1. The number of ketones is 1. The minimum atomic E-state index is -0.477. The van der Waals surface area contributed by atoms with E-state index in [1.54, 1.807) is 7.11 Å². The summed E-state index contributed by atoms with van der Waals surface area (Å²) in [6.45, 7) is 2.31. The van der Waals surface area contributed by atoms with Crippen LogP contribution in [0.2, 0.25) is 0 Å². The molecule has 0 spiro atoms. The Morgan fingerprint density at radius 2 is 1.76 bits per heavy atom. The van der Waals surface area contributed by atoms with E-state index in [4.69, 9.17) is 4.74 Å². The molecular formula is C21H25NO3. The Kier molecular flexibility index (Phi) is 5.84. The van der Waals surface area contributed by atoms with Crippen molar-refractivity contribution in [3.05, 3.63) is 65.7 Å². The first-order valence-corrected chi connectivity index (χ1v) is 8.81. The van der Waals surface area contributed by atoms with Crippen molar-refractivity contribution in [2.45, 2.75) is 18.9 Å². The molecule has 132 valence electrons. The molecule has 0 saturated carbocycles. The molecule has 0 aromatic heterocycles. The SMILES string of the molecule is COc1ccc(C(=O)C2CCN(C[C@H](O)c3ccccc3)CC2)cc1. The Bertz CT molecular complexity index is 676. The second-order valence-electron chi connectivity index (χ2n) is 6.59. The minimum absolute atomic E-state index is 0.0681. The van der Waals surface area contributed by atoms with Crippen molar-refractivity contribution < 1.29 is 14.6 Å². The molecule has 1 saturated heterocycles. The molecule has 3 rings (SSSR count). The molecular weight excluding hydrogens is 314 g/mol. The first-order valence-electron chi connectivity index (χ1n) is 8.81. The number of hydrogen-bond acceptors (Lipinski definition) is 4. The molecule has 4 nitrogen and oxygen atoms in total. The number of likely N-dealkylation sites (tertiary alicyclic amines) is 1. The van der Waals surface area contributed by atoms with Crippen LogP contribution in [0.5, 0.6) is 5.75 Å². The molecule has 1 heterocycles. The number of β-amino-alcohol motifs (C(OH)–C–C–N with tert-alkyl or cyclic N) is 1. The van der Waals surface area contributed by atoms with Gasteiger partial charge in [0.25, 0.3) is 0 Å². The summed E-state index contributed by atoms with van der Waals surface area (Å²) in [6.07, 6.45) is 1.20. The molecule has 2 aromatic carbocycles. The molecule has 1 N–H and O–H groups in total. The highest BCUT2D eigenvalue weighted by molar-refractivity contribution is 5.98. The van der Waals surface area contributed by atoms with Gasteiger partial charge in [-0.2, -0.15) is 0 Å². The number of piperidine rings is 1. The third-order valence-corrected chi connectivity index (χ3v) is 4.95. The molecule has 25 heavy (non-hydrogen) atoms. The Morgan fingerprint density at radius 3 is 2.36 bits per heavy atom. The van der Waals surface area contributed by atoms with E-state index >= 15 is 0 Å². The first kappa shape index (κ1) is 17.6. The van der Waals surface area contributed by atoms with Gasteiger partial charge < -0.3 is 14.7 Å². The molecule has 0 amide bonds. The molecule has 2 aromatic rings. The van der Waals surface area contributed by atoms with Gasteiger partial charge in [0.1, 0.15) is 5.75 Å². The molecule has 1 aliphatic heterocycles. The fourth-order valence-corrected chi connectivity index (χ4v) is 3.39. The number of Topliss-reactive ketones (excluding diaryl/α,β-unsaturated/α-hetero) is 1. The summed E-state index contributed by atoms with van der Waals surface area (Å²) in [5, 5.41) is 10.4. The fraction of sp³-hybridized carbons (Fsp3) is 0.381. The number of aliphatic hydroxyl groups is 1. The van der Waals surface area contributed by atoms with Gasteiger partial charge in [-0.25, -0.2) is 0 Å². The standard InChI is InChI=1S/C21H25NO3/c1-25-19-9-7-17(8-10-19)21(24)18-11-13-22(14-12-18)15-20(23)16-5-3-2-4-6-16/h2-10,18,20,23H,11-15H2,1H3/t20-/m0/s1. The zero-order valence-corrected chi connectivity index (χ0v) is 14.6. The summed E-state index contributed by atoms with van der Waals surface area (Å²) >= 11 is 0. The second-order valence-corrected chi connectivity index (χ2v) is 6.59. The lowest BCUT2D eigenvalue weighted by Gasteiger charge is -2.32.